The van der Waals surface area contributed by atoms with Crippen LogP contribution in [0.4, 0.5) is 0 Å². The smallest absolute Gasteiger partial charge is 0.231 e. The summed E-state index contributed by atoms with van der Waals surface area (Å²) < 4.78 is 6.08. The summed E-state index contributed by atoms with van der Waals surface area (Å²) in [6.45, 7) is 4.69. The number of piperidine rings is 1. The van der Waals surface area contributed by atoms with Gasteiger partial charge in [-0.2, -0.15) is 0 Å². The molecule has 7 nitrogen and oxygen atoms in total. The molecule has 1 saturated heterocycles. The van der Waals surface area contributed by atoms with Crippen LogP contribution in [-0.2, 0) is 11.3 Å². The second-order valence-corrected chi connectivity index (χ2v) is 7.61. The standard InChI is InChI=1S/C23H31N5O2.HI/c1-17-7-9-20(10-8-17)30-21-6-4-3-5-18(21)15-26-23(25-2)27-19-11-13-28(14-12-19)16-22(24)29;/h3-10,19H,11-16H2,1-2H3,(H2,24,29)(H2,25,26,27);1H. The van der Waals surface area contributed by atoms with Gasteiger partial charge in [-0.15, -0.1) is 24.0 Å². The average molecular weight is 537 g/mol. The molecule has 0 spiro atoms. The Balaban J connectivity index is 0.00000341. The molecule has 1 fully saturated rings. The van der Waals surface area contributed by atoms with Crippen molar-refractivity contribution in [3.8, 4) is 11.5 Å². The molecule has 2 aromatic carbocycles. The molecule has 0 unspecified atom stereocenters. The van der Waals surface area contributed by atoms with Gasteiger partial charge < -0.3 is 21.1 Å². The number of para-hydroxylation sites is 1. The molecule has 2 aromatic rings. The Bertz CT molecular complexity index is 865. The third-order valence-corrected chi connectivity index (χ3v) is 5.20. The van der Waals surface area contributed by atoms with Crippen molar-refractivity contribution in [2.24, 2.45) is 10.7 Å². The Labute approximate surface area is 201 Å². The number of halogens is 1. The van der Waals surface area contributed by atoms with Crippen LogP contribution >= 0.6 is 24.0 Å². The van der Waals surface area contributed by atoms with E-state index in [9.17, 15) is 4.79 Å². The molecule has 0 bridgehead atoms. The Morgan fingerprint density at radius 2 is 1.84 bits per heavy atom. The molecule has 4 N–H and O–H groups in total. The monoisotopic (exact) mass is 537 g/mol. The summed E-state index contributed by atoms with van der Waals surface area (Å²) >= 11 is 0. The highest BCUT2D eigenvalue weighted by molar-refractivity contribution is 14.0. The van der Waals surface area contributed by atoms with Gasteiger partial charge in [0.1, 0.15) is 11.5 Å². The predicted octanol–water partition coefficient (Wildman–Crippen LogP) is 3.02. The first kappa shape index (κ1) is 24.9. The van der Waals surface area contributed by atoms with Gasteiger partial charge in [0.15, 0.2) is 5.96 Å². The number of nitrogens with zero attached hydrogens (tertiary/aromatic N) is 2. The minimum absolute atomic E-state index is 0. The molecule has 0 saturated carbocycles. The molecule has 1 aliphatic heterocycles. The number of nitrogens with two attached hydrogens (primary N) is 1. The normalized spacial score (nSPS) is 15.1. The van der Waals surface area contributed by atoms with E-state index >= 15 is 0 Å². The van der Waals surface area contributed by atoms with Crippen molar-refractivity contribution in [3.63, 3.8) is 0 Å². The highest BCUT2D eigenvalue weighted by Crippen LogP contribution is 2.25. The van der Waals surface area contributed by atoms with Gasteiger partial charge in [-0.1, -0.05) is 35.9 Å². The van der Waals surface area contributed by atoms with E-state index in [0.29, 0.717) is 19.1 Å². The maximum atomic E-state index is 11.1. The number of primary amides is 1. The Hall–Kier alpha value is -2.33. The number of ether oxygens (including phenoxy) is 1. The number of carbonyl (C=O) groups excluding carboxylic acids is 1. The molecule has 0 radical (unpaired) electrons. The number of guanidine groups is 1. The predicted molar refractivity (Wildman–Crippen MR) is 135 cm³/mol. The van der Waals surface area contributed by atoms with Gasteiger partial charge in [-0.25, -0.2) is 0 Å². The zero-order valence-corrected chi connectivity index (χ0v) is 20.5. The van der Waals surface area contributed by atoms with E-state index in [1.54, 1.807) is 7.05 Å². The topological polar surface area (TPSA) is 92.0 Å². The summed E-state index contributed by atoms with van der Waals surface area (Å²) in [7, 11) is 1.77. The summed E-state index contributed by atoms with van der Waals surface area (Å²) in [5, 5.41) is 6.86. The lowest BCUT2D eigenvalue weighted by Gasteiger charge is -2.32. The van der Waals surface area contributed by atoms with E-state index in [1.807, 2.05) is 48.5 Å². The molecular weight excluding hydrogens is 505 g/mol. The highest BCUT2D eigenvalue weighted by Gasteiger charge is 2.20. The summed E-state index contributed by atoms with van der Waals surface area (Å²) in [6, 6.07) is 16.3. The molecule has 0 atom stereocenters. The van der Waals surface area contributed by atoms with Crippen LogP contribution in [0.15, 0.2) is 53.5 Å². The molecule has 0 aliphatic carbocycles. The summed E-state index contributed by atoms with van der Waals surface area (Å²) in [5.74, 6) is 2.13. The van der Waals surface area contributed by atoms with Gasteiger partial charge in [-0.05, 0) is 38.0 Å². The maximum Gasteiger partial charge on any atom is 0.231 e. The minimum Gasteiger partial charge on any atom is -0.457 e. The minimum atomic E-state index is -0.273. The number of benzene rings is 2. The molecule has 0 aromatic heterocycles. The molecule has 1 aliphatic rings. The Morgan fingerprint density at radius 1 is 1.16 bits per heavy atom. The lowest BCUT2D eigenvalue weighted by Crippen LogP contribution is -2.49. The van der Waals surface area contributed by atoms with Crippen LogP contribution in [0, 0.1) is 6.92 Å². The second kappa shape index (κ2) is 12.5. The SMILES string of the molecule is CN=C(NCc1ccccc1Oc1ccc(C)cc1)NC1CCN(CC(N)=O)CC1.I. The number of amides is 1. The van der Waals surface area contributed by atoms with Crippen molar-refractivity contribution in [3.05, 3.63) is 59.7 Å². The van der Waals surface area contributed by atoms with E-state index < -0.39 is 0 Å². The quantitative estimate of drug-likeness (QED) is 0.287. The van der Waals surface area contributed by atoms with Crippen molar-refractivity contribution >= 4 is 35.8 Å². The van der Waals surface area contributed by atoms with Crippen LogP contribution in [0.2, 0.25) is 0 Å². The van der Waals surface area contributed by atoms with Crippen molar-refractivity contribution in [2.75, 3.05) is 26.7 Å². The number of carbonyl (C=O) groups is 1. The fourth-order valence-electron chi connectivity index (χ4n) is 3.51. The van der Waals surface area contributed by atoms with Crippen LogP contribution in [0.1, 0.15) is 24.0 Å². The summed E-state index contributed by atoms with van der Waals surface area (Å²) in [4.78, 5) is 17.5. The van der Waals surface area contributed by atoms with E-state index in [-0.39, 0.29) is 29.9 Å². The number of aryl methyl sites for hydroxylation is 1. The lowest BCUT2D eigenvalue weighted by atomic mass is 10.1. The lowest BCUT2D eigenvalue weighted by molar-refractivity contribution is -0.119. The maximum absolute atomic E-state index is 11.1. The fraction of sp³-hybridized carbons (Fsp3) is 0.391. The Morgan fingerprint density at radius 3 is 2.48 bits per heavy atom. The van der Waals surface area contributed by atoms with Gasteiger partial charge in [0.25, 0.3) is 0 Å². The van der Waals surface area contributed by atoms with Crippen LogP contribution in [0.25, 0.3) is 0 Å². The third kappa shape index (κ3) is 8.02. The largest absolute Gasteiger partial charge is 0.457 e. The number of hydrogen-bond donors (Lipinski definition) is 3. The second-order valence-electron chi connectivity index (χ2n) is 7.61. The number of nitrogens with one attached hydrogen (secondary N) is 2. The highest BCUT2D eigenvalue weighted by atomic mass is 127. The first-order chi connectivity index (χ1) is 14.5. The number of likely N-dealkylation sites (tertiary alicyclic amines) is 1. The molecule has 1 amide bonds. The van der Waals surface area contributed by atoms with Crippen molar-refractivity contribution in [1.29, 1.82) is 0 Å². The zero-order chi connectivity index (χ0) is 21.3. The molecule has 3 rings (SSSR count). The van der Waals surface area contributed by atoms with Gasteiger partial charge >= 0.3 is 0 Å². The van der Waals surface area contributed by atoms with Gasteiger partial charge in [-0.3, -0.25) is 14.7 Å². The van der Waals surface area contributed by atoms with Gasteiger partial charge in [0.05, 0.1) is 6.54 Å². The van der Waals surface area contributed by atoms with E-state index in [1.165, 1.54) is 5.56 Å². The van der Waals surface area contributed by atoms with Crippen LogP contribution in [0.3, 0.4) is 0 Å². The summed E-state index contributed by atoms with van der Waals surface area (Å²) in [5.41, 5.74) is 7.54. The fourth-order valence-corrected chi connectivity index (χ4v) is 3.51. The van der Waals surface area contributed by atoms with Crippen molar-refractivity contribution < 1.29 is 9.53 Å². The summed E-state index contributed by atoms with van der Waals surface area (Å²) in [6.07, 6.45) is 1.89. The molecule has 31 heavy (non-hydrogen) atoms. The van der Waals surface area contributed by atoms with E-state index in [4.69, 9.17) is 10.5 Å². The average Bonchev–Trinajstić information content (AvgIpc) is 2.74. The van der Waals surface area contributed by atoms with Crippen LogP contribution in [0.5, 0.6) is 11.5 Å². The van der Waals surface area contributed by atoms with Crippen molar-refractivity contribution in [1.82, 2.24) is 15.5 Å². The number of rotatable bonds is 7. The zero-order valence-electron chi connectivity index (χ0n) is 18.1. The first-order valence-corrected chi connectivity index (χ1v) is 10.3. The Kier molecular flexibility index (Phi) is 10.1. The van der Waals surface area contributed by atoms with Gasteiger partial charge in [0, 0.05) is 38.3 Å². The third-order valence-electron chi connectivity index (χ3n) is 5.20. The molecule has 8 heteroatoms. The molecule has 1 heterocycles. The van der Waals surface area contributed by atoms with E-state index in [2.05, 4.69) is 27.4 Å². The molecular formula is C23H32IN5O2. The van der Waals surface area contributed by atoms with Crippen molar-refractivity contribution in [2.45, 2.75) is 32.4 Å². The van der Waals surface area contributed by atoms with Crippen LogP contribution in [-0.4, -0.2) is 49.5 Å². The number of hydrogen-bond acceptors (Lipinski definition) is 4. The van der Waals surface area contributed by atoms with Gasteiger partial charge in [0.2, 0.25) is 5.91 Å². The van der Waals surface area contributed by atoms with E-state index in [0.717, 1.165) is 49.0 Å². The van der Waals surface area contributed by atoms with Crippen LogP contribution < -0.4 is 21.1 Å². The number of aliphatic imine (C=N–C) groups is 1. The first-order valence-electron chi connectivity index (χ1n) is 10.3. The molecule has 168 valence electrons.